The molecule has 6 nitrogen and oxygen atoms in total. The minimum absolute atomic E-state index is 0.141. The van der Waals surface area contributed by atoms with E-state index in [1.807, 2.05) is 36.5 Å². The summed E-state index contributed by atoms with van der Waals surface area (Å²) in [6.45, 7) is 0. The van der Waals surface area contributed by atoms with Crippen LogP contribution in [0.15, 0.2) is 59.3 Å². The van der Waals surface area contributed by atoms with Crippen molar-refractivity contribution in [3.8, 4) is 0 Å². The van der Waals surface area contributed by atoms with Gasteiger partial charge in [-0.2, -0.15) is 5.10 Å². The highest BCUT2D eigenvalue weighted by Gasteiger charge is 2.17. The van der Waals surface area contributed by atoms with Crippen LogP contribution in [0.2, 0.25) is 0 Å². The number of Topliss-reactive ketones (excluding diaryl/α,β-unsaturated/α-hetero) is 1. The number of aryl methyl sites for hydroxylation is 3. The summed E-state index contributed by atoms with van der Waals surface area (Å²) in [7, 11) is 0. The van der Waals surface area contributed by atoms with E-state index in [0.717, 1.165) is 46.6 Å². The van der Waals surface area contributed by atoms with Crippen molar-refractivity contribution in [1.82, 2.24) is 15.2 Å². The van der Waals surface area contributed by atoms with Crippen molar-refractivity contribution in [2.75, 3.05) is 5.32 Å². The number of benzene rings is 1. The Morgan fingerprint density at radius 1 is 1.03 bits per heavy atom. The van der Waals surface area contributed by atoms with E-state index in [1.54, 1.807) is 6.26 Å². The van der Waals surface area contributed by atoms with Crippen LogP contribution in [0.25, 0.3) is 10.9 Å². The molecule has 1 aromatic carbocycles. The molecule has 0 unspecified atom stereocenters. The van der Waals surface area contributed by atoms with E-state index in [4.69, 9.17) is 4.42 Å². The predicted molar refractivity (Wildman–Crippen MR) is 130 cm³/mol. The van der Waals surface area contributed by atoms with E-state index >= 15 is 0 Å². The number of carbonyl (C=O) groups is 1. The zero-order valence-electron chi connectivity index (χ0n) is 18.8. The summed E-state index contributed by atoms with van der Waals surface area (Å²) < 4.78 is 5.32. The maximum atomic E-state index is 12.5. The first kappa shape index (κ1) is 21.4. The Morgan fingerprint density at radius 3 is 2.67 bits per heavy atom. The van der Waals surface area contributed by atoms with Crippen LogP contribution in [0, 0.1) is 0 Å². The molecule has 4 aromatic rings. The average molecular weight is 443 g/mol. The Morgan fingerprint density at radius 2 is 1.88 bits per heavy atom. The molecule has 0 aliphatic heterocycles. The fourth-order valence-electron chi connectivity index (χ4n) is 4.72. The third-order valence-electron chi connectivity index (χ3n) is 6.61. The second kappa shape index (κ2) is 10.0. The molecule has 6 heteroatoms. The van der Waals surface area contributed by atoms with Crippen molar-refractivity contribution in [3.63, 3.8) is 0 Å². The standard InChI is InChI=1S/C27H30N4O2/c32-25(15-13-22-7-4-18-33-22)20-11-8-19(9-12-20)10-14-23-26-24(31-30-23)16-17-28-27(26)29-21-5-2-1-3-6-21/h4,7-9,11-12,16-18,21H,1-3,5-6,10,13-15H2,(H,28,29)(H,30,31). The van der Waals surface area contributed by atoms with Gasteiger partial charge in [0.1, 0.15) is 11.6 Å². The minimum Gasteiger partial charge on any atom is -0.469 e. The van der Waals surface area contributed by atoms with Crippen molar-refractivity contribution < 1.29 is 9.21 Å². The Kier molecular flexibility index (Phi) is 6.51. The number of nitrogens with one attached hydrogen (secondary N) is 2. The lowest BCUT2D eigenvalue weighted by atomic mass is 9.95. The number of pyridine rings is 1. The molecule has 1 saturated carbocycles. The highest BCUT2D eigenvalue weighted by molar-refractivity contribution is 5.96. The molecule has 1 aliphatic carbocycles. The third-order valence-corrected chi connectivity index (χ3v) is 6.61. The summed E-state index contributed by atoms with van der Waals surface area (Å²) in [5.41, 5.74) is 4.01. The molecule has 2 N–H and O–H groups in total. The first-order valence-corrected chi connectivity index (χ1v) is 12.0. The Bertz CT molecular complexity index is 1190. The van der Waals surface area contributed by atoms with Gasteiger partial charge in [0.05, 0.1) is 17.2 Å². The van der Waals surface area contributed by atoms with Gasteiger partial charge in [-0.05, 0) is 49.4 Å². The molecule has 0 radical (unpaired) electrons. The number of aromatic nitrogens is 3. The van der Waals surface area contributed by atoms with Gasteiger partial charge in [0, 0.05) is 36.3 Å². The molecule has 1 aliphatic rings. The topological polar surface area (TPSA) is 83.8 Å². The van der Waals surface area contributed by atoms with Crippen molar-refractivity contribution in [2.45, 2.75) is 63.8 Å². The van der Waals surface area contributed by atoms with Crippen LogP contribution in [0.4, 0.5) is 5.82 Å². The Labute approximate surface area is 193 Å². The van der Waals surface area contributed by atoms with Gasteiger partial charge in [-0.1, -0.05) is 43.5 Å². The molecule has 33 heavy (non-hydrogen) atoms. The van der Waals surface area contributed by atoms with Gasteiger partial charge in [0.25, 0.3) is 0 Å². The van der Waals surface area contributed by atoms with Gasteiger partial charge in [0.2, 0.25) is 0 Å². The first-order valence-electron chi connectivity index (χ1n) is 12.0. The number of anilines is 1. The van der Waals surface area contributed by atoms with Gasteiger partial charge in [-0.3, -0.25) is 9.89 Å². The number of H-pyrrole nitrogens is 1. The van der Waals surface area contributed by atoms with Crippen LogP contribution in [-0.4, -0.2) is 27.0 Å². The molecule has 0 bridgehead atoms. The number of fused-ring (bicyclic) bond motifs is 1. The van der Waals surface area contributed by atoms with Gasteiger partial charge >= 0.3 is 0 Å². The largest absolute Gasteiger partial charge is 0.469 e. The number of carbonyl (C=O) groups excluding carboxylic acids is 1. The molecule has 0 spiro atoms. The molecule has 5 rings (SSSR count). The maximum absolute atomic E-state index is 12.5. The van der Waals surface area contributed by atoms with Gasteiger partial charge in [-0.25, -0.2) is 4.98 Å². The fraction of sp³-hybridized carbons (Fsp3) is 0.370. The lowest BCUT2D eigenvalue weighted by molar-refractivity contribution is 0.0981. The zero-order chi connectivity index (χ0) is 22.5. The molecule has 3 heterocycles. The molecule has 1 fully saturated rings. The summed E-state index contributed by atoms with van der Waals surface area (Å²) in [6, 6.07) is 14.2. The second-order valence-electron chi connectivity index (χ2n) is 8.93. The Balaban J connectivity index is 1.22. The highest BCUT2D eigenvalue weighted by Crippen LogP contribution is 2.28. The number of nitrogens with zero attached hydrogens (tertiary/aromatic N) is 2. The lowest BCUT2D eigenvalue weighted by Gasteiger charge is -2.23. The minimum atomic E-state index is 0.141. The summed E-state index contributed by atoms with van der Waals surface area (Å²) in [5, 5.41) is 12.5. The number of hydrogen-bond acceptors (Lipinski definition) is 5. The SMILES string of the molecule is O=C(CCc1ccco1)c1ccc(CCc2[nH]nc3ccnc(NC4CCCCC4)c23)cc1. The van der Waals surface area contributed by atoms with Crippen LogP contribution in [0.3, 0.4) is 0 Å². The monoisotopic (exact) mass is 442 g/mol. The Hall–Kier alpha value is -3.41. The highest BCUT2D eigenvalue weighted by atomic mass is 16.3. The number of ketones is 1. The smallest absolute Gasteiger partial charge is 0.163 e. The van der Waals surface area contributed by atoms with Crippen molar-refractivity contribution in [3.05, 3.63) is 77.5 Å². The summed E-state index contributed by atoms with van der Waals surface area (Å²) in [5.74, 6) is 1.93. The maximum Gasteiger partial charge on any atom is 0.163 e. The molecular weight excluding hydrogens is 412 g/mol. The average Bonchev–Trinajstić information content (AvgIpc) is 3.53. The molecule has 0 saturated heterocycles. The van der Waals surface area contributed by atoms with E-state index in [9.17, 15) is 4.79 Å². The molecule has 0 atom stereocenters. The van der Waals surface area contributed by atoms with Crippen LogP contribution < -0.4 is 5.32 Å². The normalized spacial score (nSPS) is 14.5. The zero-order valence-corrected chi connectivity index (χ0v) is 18.8. The van der Waals surface area contributed by atoms with Gasteiger partial charge in [-0.15, -0.1) is 0 Å². The van der Waals surface area contributed by atoms with Crippen molar-refractivity contribution in [1.29, 1.82) is 0 Å². The summed E-state index contributed by atoms with van der Waals surface area (Å²) in [4.78, 5) is 17.1. The molecule has 170 valence electrons. The van der Waals surface area contributed by atoms with Crippen molar-refractivity contribution in [2.24, 2.45) is 0 Å². The van der Waals surface area contributed by atoms with E-state index in [-0.39, 0.29) is 5.78 Å². The predicted octanol–water partition coefficient (Wildman–Crippen LogP) is 5.90. The van der Waals surface area contributed by atoms with Crippen LogP contribution in [0.5, 0.6) is 0 Å². The molecular formula is C27H30N4O2. The number of rotatable bonds is 9. The number of furan rings is 1. The van der Waals surface area contributed by atoms with Crippen LogP contribution >= 0.6 is 0 Å². The first-order chi connectivity index (χ1) is 16.3. The molecule has 0 amide bonds. The molecule has 3 aromatic heterocycles. The quantitative estimate of drug-likeness (QED) is 0.316. The van der Waals surface area contributed by atoms with Crippen LogP contribution in [0.1, 0.15) is 65.9 Å². The third kappa shape index (κ3) is 5.16. The fourth-order valence-corrected chi connectivity index (χ4v) is 4.72. The van der Waals surface area contributed by atoms with E-state index in [0.29, 0.717) is 18.9 Å². The van der Waals surface area contributed by atoms with Gasteiger partial charge in [0.15, 0.2) is 5.78 Å². The van der Waals surface area contributed by atoms with Gasteiger partial charge < -0.3 is 9.73 Å². The van der Waals surface area contributed by atoms with E-state index in [2.05, 4.69) is 32.6 Å². The number of hydrogen-bond donors (Lipinski definition) is 2. The second-order valence-corrected chi connectivity index (χ2v) is 8.93. The lowest BCUT2D eigenvalue weighted by Crippen LogP contribution is -2.23. The van der Waals surface area contributed by atoms with Crippen LogP contribution in [-0.2, 0) is 19.3 Å². The van der Waals surface area contributed by atoms with E-state index < -0.39 is 0 Å². The summed E-state index contributed by atoms with van der Waals surface area (Å²) in [6.07, 6.45) is 12.6. The van der Waals surface area contributed by atoms with E-state index in [1.165, 1.54) is 37.7 Å². The summed E-state index contributed by atoms with van der Waals surface area (Å²) >= 11 is 0. The van der Waals surface area contributed by atoms with Crippen molar-refractivity contribution >= 4 is 22.5 Å². The number of aromatic amines is 1.